The van der Waals surface area contributed by atoms with Crippen LogP contribution in [0.3, 0.4) is 0 Å². The molecule has 1 atom stereocenters. The molecule has 55 heavy (non-hydrogen) atoms. The van der Waals surface area contributed by atoms with Crippen LogP contribution in [0.15, 0.2) is 91.3 Å². The van der Waals surface area contributed by atoms with Gasteiger partial charge in [0, 0.05) is 75.3 Å². The number of amides is 2. The number of methoxy groups -OCH3 is 1. The van der Waals surface area contributed by atoms with E-state index < -0.39 is 0 Å². The Hall–Kier alpha value is -4.96. The second kappa shape index (κ2) is 15.6. The van der Waals surface area contributed by atoms with Crippen LogP contribution in [-0.4, -0.2) is 64.0 Å². The van der Waals surface area contributed by atoms with Gasteiger partial charge in [0.15, 0.2) is 0 Å². The van der Waals surface area contributed by atoms with E-state index in [1.165, 1.54) is 0 Å². The molecule has 4 aromatic carbocycles. The highest BCUT2D eigenvalue weighted by atomic mass is 35.5. The minimum Gasteiger partial charge on any atom is -0.497 e. The van der Waals surface area contributed by atoms with Gasteiger partial charge in [-0.05, 0) is 74.6 Å². The van der Waals surface area contributed by atoms with E-state index in [9.17, 15) is 9.59 Å². The normalized spacial score (nSPS) is 15.8. The van der Waals surface area contributed by atoms with Crippen molar-refractivity contribution >= 4 is 68.9 Å². The minimum atomic E-state index is -0.338. The molecule has 2 aromatic heterocycles. The van der Waals surface area contributed by atoms with E-state index in [0.29, 0.717) is 55.4 Å². The number of carbonyl (C=O) groups is 2. The van der Waals surface area contributed by atoms with Crippen molar-refractivity contribution in [2.75, 3.05) is 37.0 Å². The predicted octanol–water partition coefficient (Wildman–Crippen LogP) is 10.5. The van der Waals surface area contributed by atoms with E-state index in [4.69, 9.17) is 44.5 Å². The van der Waals surface area contributed by atoms with Crippen LogP contribution in [0, 0.1) is 0 Å². The molecule has 4 heterocycles. The number of piperidine rings is 2. The maximum Gasteiger partial charge on any atom is 0.272 e. The Morgan fingerprint density at radius 2 is 1.69 bits per heavy atom. The quantitative estimate of drug-likeness (QED) is 0.152. The number of carbonyl (C=O) groups excluding carboxylic acids is 2. The number of nitrogens with one attached hydrogen (secondary N) is 2. The monoisotopic (exact) mass is 794 g/mol. The van der Waals surface area contributed by atoms with Crippen LogP contribution in [0.5, 0.6) is 5.75 Å². The summed E-state index contributed by atoms with van der Waals surface area (Å²) in [7, 11) is 1.61. The summed E-state index contributed by atoms with van der Waals surface area (Å²) in [6.07, 6.45) is 6.19. The number of rotatable bonds is 9. The lowest BCUT2D eigenvalue weighted by molar-refractivity contribution is -0.136. The van der Waals surface area contributed by atoms with Crippen molar-refractivity contribution in [3.8, 4) is 28.3 Å². The number of nitrogens with zero attached hydrogens (tertiary/aromatic N) is 4. The van der Waals surface area contributed by atoms with E-state index in [-0.39, 0.29) is 23.9 Å². The van der Waals surface area contributed by atoms with Gasteiger partial charge in [0.05, 0.1) is 42.2 Å². The molecule has 2 aliphatic rings. The molecule has 1 unspecified atom stereocenters. The van der Waals surface area contributed by atoms with E-state index in [0.717, 1.165) is 73.2 Å². The first kappa shape index (κ1) is 37.0. The number of likely N-dealkylation sites (tertiary alicyclic amines) is 1. The number of aromatic nitrogens is 3. The van der Waals surface area contributed by atoms with Gasteiger partial charge in [-0.2, -0.15) is 0 Å². The molecule has 0 saturated carbocycles. The van der Waals surface area contributed by atoms with E-state index >= 15 is 0 Å². The molecule has 0 radical (unpaired) electrons. The van der Waals surface area contributed by atoms with Gasteiger partial charge >= 0.3 is 0 Å². The van der Waals surface area contributed by atoms with Gasteiger partial charge in [-0.15, -0.1) is 0 Å². The Balaban J connectivity index is 1.21. The smallest absolute Gasteiger partial charge is 0.272 e. The van der Waals surface area contributed by atoms with Crippen LogP contribution in [0.25, 0.3) is 33.4 Å². The molecule has 8 rings (SSSR count). The van der Waals surface area contributed by atoms with Crippen LogP contribution in [0.4, 0.5) is 11.4 Å². The molecular formula is C43H41Cl3N6O3. The summed E-state index contributed by atoms with van der Waals surface area (Å²) in [4.78, 5) is 40.3. The minimum absolute atomic E-state index is 0.231. The van der Waals surface area contributed by atoms with Crippen LogP contribution >= 0.6 is 34.8 Å². The lowest BCUT2D eigenvalue weighted by atomic mass is 9.98. The number of aromatic amines is 1. The molecule has 12 heteroatoms. The van der Waals surface area contributed by atoms with Gasteiger partial charge in [-0.1, -0.05) is 77.3 Å². The third-order valence-corrected chi connectivity index (χ3v) is 11.8. The Bertz CT molecular complexity index is 2380. The van der Waals surface area contributed by atoms with E-state index in [1.54, 1.807) is 19.5 Å². The maximum atomic E-state index is 14.9. The Labute approximate surface area is 335 Å². The standard InChI is InChI=1S/C43H41Cl3N6O3/c1-26(32-14-11-28(44)22-34(32)46)52-25-47-40(27-8-4-3-5-9-27)42(52)39-33-15-12-29(45)23-35(33)48-41(39)43(54)49-36-24-31(55-2)13-16-37(36)50-20-17-30(18-21-50)51-19-7-6-10-38(51)53/h3-5,8-9,11-16,22-26,30,48H,6-7,10,17-21H2,1-2H3,(H,49,54). The van der Waals surface area contributed by atoms with Crippen molar-refractivity contribution in [1.29, 1.82) is 0 Å². The van der Waals surface area contributed by atoms with Gasteiger partial charge in [-0.3, -0.25) is 9.59 Å². The number of imidazole rings is 1. The number of benzene rings is 4. The van der Waals surface area contributed by atoms with Gasteiger partial charge in [-0.25, -0.2) is 4.98 Å². The fourth-order valence-electron chi connectivity index (χ4n) is 8.12. The largest absolute Gasteiger partial charge is 0.497 e. The Kier molecular flexibility index (Phi) is 10.5. The lowest BCUT2D eigenvalue weighted by Gasteiger charge is -2.41. The molecule has 0 spiro atoms. The highest BCUT2D eigenvalue weighted by molar-refractivity contribution is 6.35. The molecule has 0 bridgehead atoms. The summed E-state index contributed by atoms with van der Waals surface area (Å²) in [5.74, 6) is 0.545. The zero-order valence-corrected chi connectivity index (χ0v) is 32.9. The number of anilines is 2. The number of hydrogen-bond acceptors (Lipinski definition) is 5. The van der Waals surface area contributed by atoms with Crippen molar-refractivity contribution in [1.82, 2.24) is 19.4 Å². The predicted molar refractivity (Wildman–Crippen MR) is 222 cm³/mol. The summed E-state index contributed by atoms with van der Waals surface area (Å²) in [5.41, 5.74) is 6.44. The molecular weight excluding hydrogens is 755 g/mol. The third kappa shape index (κ3) is 7.29. The molecule has 6 aromatic rings. The van der Waals surface area contributed by atoms with Gasteiger partial charge < -0.3 is 29.4 Å². The fourth-order valence-corrected chi connectivity index (χ4v) is 8.86. The SMILES string of the molecule is COc1ccc(N2CCC(N3CCCCC3=O)CC2)c(NC(=O)c2[nH]c3cc(Cl)ccc3c2-c2c(-c3ccccc3)ncn2C(C)c2ccc(Cl)cc2Cl)c1. The van der Waals surface area contributed by atoms with Gasteiger partial charge in [0.1, 0.15) is 11.4 Å². The fraction of sp³-hybridized carbons (Fsp3) is 0.279. The first-order valence-corrected chi connectivity index (χ1v) is 19.8. The molecule has 2 N–H and O–H groups in total. The van der Waals surface area contributed by atoms with Crippen LogP contribution in [-0.2, 0) is 4.79 Å². The van der Waals surface area contributed by atoms with Crippen molar-refractivity contribution < 1.29 is 14.3 Å². The molecule has 2 saturated heterocycles. The molecule has 2 fully saturated rings. The summed E-state index contributed by atoms with van der Waals surface area (Å²) < 4.78 is 7.69. The van der Waals surface area contributed by atoms with E-state index in [1.807, 2.05) is 85.8 Å². The molecule has 9 nitrogen and oxygen atoms in total. The third-order valence-electron chi connectivity index (χ3n) is 11.0. The van der Waals surface area contributed by atoms with Crippen LogP contribution in [0.1, 0.15) is 61.1 Å². The zero-order chi connectivity index (χ0) is 38.2. The number of hydrogen-bond donors (Lipinski definition) is 2. The summed E-state index contributed by atoms with van der Waals surface area (Å²) >= 11 is 19.6. The number of ether oxygens (including phenoxy) is 1. The van der Waals surface area contributed by atoms with Crippen LogP contribution < -0.4 is 15.0 Å². The molecule has 0 aliphatic carbocycles. The molecule has 2 aliphatic heterocycles. The Morgan fingerprint density at radius 1 is 0.927 bits per heavy atom. The molecule has 282 valence electrons. The average Bonchev–Trinajstić information content (AvgIpc) is 3.80. The second-order valence-electron chi connectivity index (χ2n) is 14.2. The maximum absolute atomic E-state index is 14.9. The van der Waals surface area contributed by atoms with E-state index in [2.05, 4.69) is 24.7 Å². The zero-order valence-electron chi connectivity index (χ0n) is 30.6. The van der Waals surface area contributed by atoms with Crippen molar-refractivity contribution in [3.05, 3.63) is 118 Å². The summed E-state index contributed by atoms with van der Waals surface area (Å²) in [6, 6.07) is 26.7. The Morgan fingerprint density at radius 3 is 2.44 bits per heavy atom. The number of halogens is 3. The first-order valence-electron chi connectivity index (χ1n) is 18.6. The summed E-state index contributed by atoms with van der Waals surface area (Å²) in [6.45, 7) is 4.39. The van der Waals surface area contributed by atoms with Gasteiger partial charge in [0.2, 0.25) is 5.91 Å². The topological polar surface area (TPSA) is 95.5 Å². The highest BCUT2D eigenvalue weighted by Gasteiger charge is 2.32. The first-order chi connectivity index (χ1) is 26.7. The summed E-state index contributed by atoms with van der Waals surface area (Å²) in [5, 5.41) is 5.68. The van der Waals surface area contributed by atoms with Gasteiger partial charge in [0.25, 0.3) is 5.91 Å². The second-order valence-corrected chi connectivity index (χ2v) is 15.5. The number of H-pyrrole nitrogens is 1. The van der Waals surface area contributed by atoms with Crippen molar-refractivity contribution in [3.63, 3.8) is 0 Å². The van der Waals surface area contributed by atoms with Crippen molar-refractivity contribution in [2.45, 2.75) is 51.1 Å². The molecule has 2 amide bonds. The highest BCUT2D eigenvalue weighted by Crippen LogP contribution is 2.43. The number of fused-ring (bicyclic) bond motifs is 1. The van der Waals surface area contributed by atoms with Crippen LogP contribution in [0.2, 0.25) is 15.1 Å². The van der Waals surface area contributed by atoms with Crippen molar-refractivity contribution in [2.24, 2.45) is 0 Å². The average molecular weight is 796 g/mol. The lowest BCUT2D eigenvalue weighted by Crippen LogP contribution is -2.49.